The van der Waals surface area contributed by atoms with Gasteiger partial charge in [0.15, 0.2) is 8.68 Å². The molecule has 0 bridgehead atoms. The summed E-state index contributed by atoms with van der Waals surface area (Å²) in [5, 5.41) is 11.2. The van der Waals surface area contributed by atoms with Crippen LogP contribution in [0.3, 0.4) is 0 Å². The standard InChI is InChI=1S/C18H17N3OS3/c1-2-23-17-20-21-18(25-17)24-12-13-8-10-14(11-9-13)16(22)19-15-6-4-3-5-7-15/h3-11H,2,12H2,1H3,(H,19,22). The minimum atomic E-state index is -0.101. The first-order valence-corrected chi connectivity index (χ1v) is 10.6. The van der Waals surface area contributed by atoms with Gasteiger partial charge < -0.3 is 5.32 Å². The summed E-state index contributed by atoms with van der Waals surface area (Å²) in [4.78, 5) is 12.2. The fourth-order valence-electron chi connectivity index (χ4n) is 2.06. The molecular formula is C18H17N3OS3. The van der Waals surface area contributed by atoms with Crippen molar-refractivity contribution >= 4 is 46.5 Å². The number of aromatic nitrogens is 2. The van der Waals surface area contributed by atoms with Gasteiger partial charge in [0.25, 0.3) is 5.91 Å². The maximum Gasteiger partial charge on any atom is 0.255 e. The zero-order valence-electron chi connectivity index (χ0n) is 13.6. The van der Waals surface area contributed by atoms with Gasteiger partial charge in [0.1, 0.15) is 0 Å². The average Bonchev–Trinajstić information content (AvgIpc) is 3.09. The van der Waals surface area contributed by atoms with Crippen LogP contribution < -0.4 is 5.32 Å². The average molecular weight is 388 g/mol. The largest absolute Gasteiger partial charge is 0.322 e. The number of thioether (sulfide) groups is 2. The Morgan fingerprint density at radius 1 is 1.00 bits per heavy atom. The van der Waals surface area contributed by atoms with Crippen LogP contribution in [0, 0.1) is 0 Å². The molecule has 1 heterocycles. The maximum absolute atomic E-state index is 12.2. The van der Waals surface area contributed by atoms with Crippen LogP contribution in [0.5, 0.6) is 0 Å². The molecule has 0 spiro atoms. The Kier molecular flexibility index (Phi) is 6.49. The van der Waals surface area contributed by atoms with E-state index in [1.165, 1.54) is 0 Å². The smallest absolute Gasteiger partial charge is 0.255 e. The van der Waals surface area contributed by atoms with Crippen molar-refractivity contribution in [3.05, 3.63) is 65.7 Å². The summed E-state index contributed by atoms with van der Waals surface area (Å²) < 4.78 is 1.99. The monoisotopic (exact) mass is 387 g/mol. The summed E-state index contributed by atoms with van der Waals surface area (Å²) in [5.74, 6) is 1.72. The van der Waals surface area contributed by atoms with Crippen molar-refractivity contribution in [3.8, 4) is 0 Å². The summed E-state index contributed by atoms with van der Waals surface area (Å²) in [6.07, 6.45) is 0. The lowest BCUT2D eigenvalue weighted by Gasteiger charge is -2.06. The van der Waals surface area contributed by atoms with Crippen molar-refractivity contribution in [1.82, 2.24) is 10.2 Å². The molecular weight excluding hydrogens is 370 g/mol. The number of carbonyl (C=O) groups is 1. The summed E-state index contributed by atoms with van der Waals surface area (Å²) in [7, 11) is 0. The van der Waals surface area contributed by atoms with Gasteiger partial charge in [-0.05, 0) is 35.6 Å². The Morgan fingerprint density at radius 2 is 1.68 bits per heavy atom. The van der Waals surface area contributed by atoms with Crippen LogP contribution in [0.2, 0.25) is 0 Å². The lowest BCUT2D eigenvalue weighted by atomic mass is 10.1. The Balaban J connectivity index is 1.55. The van der Waals surface area contributed by atoms with Crippen LogP contribution in [-0.4, -0.2) is 21.9 Å². The number of hydrogen-bond donors (Lipinski definition) is 1. The number of anilines is 1. The van der Waals surface area contributed by atoms with Gasteiger partial charge in [0.2, 0.25) is 0 Å². The number of nitrogens with zero attached hydrogens (tertiary/aromatic N) is 2. The van der Waals surface area contributed by atoms with Crippen molar-refractivity contribution in [1.29, 1.82) is 0 Å². The predicted octanol–water partition coefficient (Wildman–Crippen LogP) is 5.19. The van der Waals surface area contributed by atoms with Crippen LogP contribution in [0.15, 0.2) is 63.3 Å². The van der Waals surface area contributed by atoms with E-state index in [-0.39, 0.29) is 5.91 Å². The van der Waals surface area contributed by atoms with E-state index in [2.05, 4.69) is 22.4 Å². The first-order valence-electron chi connectivity index (χ1n) is 7.79. The molecule has 0 saturated heterocycles. The molecule has 2 aromatic carbocycles. The minimum Gasteiger partial charge on any atom is -0.322 e. The third kappa shape index (κ3) is 5.32. The van der Waals surface area contributed by atoms with E-state index in [1.807, 2.05) is 54.6 Å². The molecule has 25 heavy (non-hydrogen) atoms. The van der Waals surface area contributed by atoms with Crippen molar-refractivity contribution in [2.75, 3.05) is 11.1 Å². The van der Waals surface area contributed by atoms with Gasteiger partial charge in [-0.2, -0.15) is 0 Å². The van der Waals surface area contributed by atoms with E-state index in [4.69, 9.17) is 0 Å². The summed E-state index contributed by atoms with van der Waals surface area (Å²) in [6, 6.07) is 17.1. The summed E-state index contributed by atoms with van der Waals surface area (Å²) >= 11 is 5.00. The second-order valence-electron chi connectivity index (χ2n) is 5.07. The number of benzene rings is 2. The number of nitrogens with one attached hydrogen (secondary N) is 1. The molecule has 0 radical (unpaired) electrons. The molecule has 0 fully saturated rings. The lowest BCUT2D eigenvalue weighted by Crippen LogP contribution is -2.11. The van der Waals surface area contributed by atoms with Gasteiger partial charge in [-0.25, -0.2) is 0 Å². The molecule has 3 aromatic rings. The van der Waals surface area contributed by atoms with Gasteiger partial charge in [-0.3, -0.25) is 4.79 Å². The molecule has 1 aromatic heterocycles. The topological polar surface area (TPSA) is 54.9 Å². The Morgan fingerprint density at radius 3 is 2.36 bits per heavy atom. The number of carbonyl (C=O) groups excluding carboxylic acids is 1. The molecule has 0 unspecified atom stereocenters. The molecule has 7 heteroatoms. The van der Waals surface area contributed by atoms with Crippen LogP contribution in [0.25, 0.3) is 0 Å². The Bertz CT molecular complexity index is 819. The highest BCUT2D eigenvalue weighted by Crippen LogP contribution is 2.30. The number of para-hydroxylation sites is 1. The van der Waals surface area contributed by atoms with E-state index in [0.29, 0.717) is 5.56 Å². The molecule has 0 saturated carbocycles. The van der Waals surface area contributed by atoms with Crippen LogP contribution >= 0.6 is 34.9 Å². The van der Waals surface area contributed by atoms with E-state index in [9.17, 15) is 4.79 Å². The van der Waals surface area contributed by atoms with Crippen LogP contribution in [-0.2, 0) is 5.75 Å². The molecule has 0 aliphatic heterocycles. The number of rotatable bonds is 7. The number of amides is 1. The zero-order chi connectivity index (χ0) is 17.5. The van der Waals surface area contributed by atoms with E-state index in [1.54, 1.807) is 34.9 Å². The van der Waals surface area contributed by atoms with Crippen molar-refractivity contribution < 1.29 is 4.79 Å². The lowest BCUT2D eigenvalue weighted by molar-refractivity contribution is 0.102. The van der Waals surface area contributed by atoms with Crippen molar-refractivity contribution in [3.63, 3.8) is 0 Å². The van der Waals surface area contributed by atoms with Crippen LogP contribution in [0.4, 0.5) is 5.69 Å². The highest BCUT2D eigenvalue weighted by Gasteiger charge is 2.08. The molecule has 0 aliphatic carbocycles. The normalized spacial score (nSPS) is 10.6. The van der Waals surface area contributed by atoms with Crippen molar-refractivity contribution in [2.24, 2.45) is 0 Å². The van der Waals surface area contributed by atoms with Gasteiger partial charge in [0, 0.05) is 17.0 Å². The molecule has 0 atom stereocenters. The number of hydrogen-bond acceptors (Lipinski definition) is 6. The second kappa shape index (κ2) is 9.03. The molecule has 3 rings (SSSR count). The van der Waals surface area contributed by atoms with Gasteiger partial charge in [-0.1, -0.05) is 72.1 Å². The van der Waals surface area contributed by atoms with Gasteiger partial charge in [0.05, 0.1) is 0 Å². The third-order valence-corrected chi connectivity index (χ3v) is 6.41. The molecule has 0 aliphatic rings. The first-order chi connectivity index (χ1) is 12.2. The van der Waals surface area contributed by atoms with Gasteiger partial charge in [-0.15, -0.1) is 10.2 Å². The highest BCUT2D eigenvalue weighted by atomic mass is 32.2. The fraction of sp³-hybridized carbons (Fsp3) is 0.167. The van der Waals surface area contributed by atoms with E-state index >= 15 is 0 Å². The Labute approximate surface area is 159 Å². The zero-order valence-corrected chi connectivity index (χ0v) is 16.1. The fourth-order valence-corrected chi connectivity index (χ4v) is 4.93. The summed E-state index contributed by atoms with van der Waals surface area (Å²) in [5.41, 5.74) is 2.60. The van der Waals surface area contributed by atoms with Crippen molar-refractivity contribution in [2.45, 2.75) is 21.4 Å². The highest BCUT2D eigenvalue weighted by molar-refractivity contribution is 8.02. The first kappa shape index (κ1) is 18.0. The van der Waals surface area contributed by atoms with E-state index in [0.717, 1.165) is 31.4 Å². The molecule has 1 N–H and O–H groups in total. The second-order valence-corrected chi connectivity index (χ2v) is 8.78. The Hall–Kier alpha value is -1.83. The summed E-state index contributed by atoms with van der Waals surface area (Å²) in [6.45, 7) is 2.11. The van der Waals surface area contributed by atoms with E-state index < -0.39 is 0 Å². The minimum absolute atomic E-state index is 0.101. The molecule has 4 nitrogen and oxygen atoms in total. The third-order valence-electron chi connectivity index (χ3n) is 3.27. The molecule has 1 amide bonds. The van der Waals surface area contributed by atoms with Gasteiger partial charge >= 0.3 is 0 Å². The molecule has 128 valence electrons. The van der Waals surface area contributed by atoms with Crippen LogP contribution in [0.1, 0.15) is 22.8 Å². The quantitative estimate of drug-likeness (QED) is 0.565. The maximum atomic E-state index is 12.2. The SMILES string of the molecule is CCSc1nnc(SCc2ccc(C(=O)Nc3ccccc3)cc2)s1. The predicted molar refractivity (Wildman–Crippen MR) is 107 cm³/mol.